The van der Waals surface area contributed by atoms with Crippen molar-refractivity contribution < 1.29 is 0 Å². The van der Waals surface area contributed by atoms with Crippen molar-refractivity contribution in [3.05, 3.63) is 11.6 Å². The van der Waals surface area contributed by atoms with E-state index in [-0.39, 0.29) is 0 Å². The molecular weight excluding hydrogens is 170 g/mol. The molecule has 1 fully saturated rings. The van der Waals surface area contributed by atoms with Crippen LogP contribution in [0, 0.1) is 11.8 Å². The van der Waals surface area contributed by atoms with E-state index in [9.17, 15) is 0 Å². The number of nitrogens with one attached hydrogen (secondary N) is 1. The summed E-state index contributed by atoms with van der Waals surface area (Å²) in [4.78, 5) is 0. The molecule has 0 aliphatic heterocycles. The predicted octanol–water partition coefficient (Wildman–Crippen LogP) is 3.37. The lowest BCUT2D eigenvalue weighted by Crippen LogP contribution is -2.39. The highest BCUT2D eigenvalue weighted by Gasteiger charge is 2.24. The van der Waals surface area contributed by atoms with Gasteiger partial charge >= 0.3 is 0 Å². The second-order valence-electron chi connectivity index (χ2n) is 5.19. The van der Waals surface area contributed by atoms with E-state index < -0.39 is 0 Å². The van der Waals surface area contributed by atoms with Gasteiger partial charge < -0.3 is 5.32 Å². The van der Waals surface area contributed by atoms with Crippen LogP contribution in [-0.2, 0) is 0 Å². The molecule has 0 heterocycles. The number of allylic oxidation sites excluding steroid dienone is 1. The predicted molar refractivity (Wildman–Crippen MR) is 63.4 cm³/mol. The Hall–Kier alpha value is -0.300. The highest BCUT2D eigenvalue weighted by atomic mass is 14.9. The van der Waals surface area contributed by atoms with Crippen LogP contribution in [0.15, 0.2) is 11.6 Å². The largest absolute Gasteiger partial charge is 0.310 e. The lowest BCUT2D eigenvalue weighted by atomic mass is 9.80. The molecule has 0 radical (unpaired) electrons. The summed E-state index contributed by atoms with van der Waals surface area (Å²) in [6.45, 7) is 10.1. The van der Waals surface area contributed by atoms with Gasteiger partial charge in [-0.3, -0.25) is 0 Å². The minimum atomic E-state index is 0.752. The van der Waals surface area contributed by atoms with Crippen LogP contribution in [0.25, 0.3) is 0 Å². The Balaban J connectivity index is 2.27. The molecule has 0 aromatic carbocycles. The van der Waals surface area contributed by atoms with Crippen molar-refractivity contribution in [1.29, 1.82) is 0 Å². The lowest BCUT2D eigenvalue weighted by Gasteiger charge is -2.33. The van der Waals surface area contributed by atoms with Crippen LogP contribution in [0.1, 0.15) is 47.0 Å². The molecule has 1 rings (SSSR count). The molecule has 1 nitrogen and oxygen atoms in total. The minimum Gasteiger partial charge on any atom is -0.310 e. The van der Waals surface area contributed by atoms with Gasteiger partial charge in [-0.05, 0) is 44.9 Å². The fourth-order valence-corrected chi connectivity index (χ4v) is 2.38. The van der Waals surface area contributed by atoms with Crippen molar-refractivity contribution in [2.24, 2.45) is 11.8 Å². The Labute approximate surface area is 89.0 Å². The van der Waals surface area contributed by atoms with Crippen molar-refractivity contribution in [3.8, 4) is 0 Å². The van der Waals surface area contributed by atoms with Crippen LogP contribution in [0.4, 0.5) is 0 Å². The third-order valence-corrected chi connectivity index (χ3v) is 3.32. The summed E-state index contributed by atoms with van der Waals surface area (Å²) in [6, 6.07) is 0.752. The summed E-state index contributed by atoms with van der Waals surface area (Å²) in [5.41, 5.74) is 1.41. The summed E-state index contributed by atoms with van der Waals surface area (Å²) in [7, 11) is 0. The van der Waals surface area contributed by atoms with Gasteiger partial charge in [0.25, 0.3) is 0 Å². The molecule has 1 N–H and O–H groups in total. The molecule has 1 heteroatoms. The quantitative estimate of drug-likeness (QED) is 0.681. The monoisotopic (exact) mass is 195 g/mol. The van der Waals surface area contributed by atoms with Gasteiger partial charge in [-0.15, -0.1) is 0 Å². The Morgan fingerprint density at radius 3 is 2.57 bits per heavy atom. The molecule has 3 atom stereocenters. The van der Waals surface area contributed by atoms with Crippen molar-refractivity contribution in [3.63, 3.8) is 0 Å². The van der Waals surface area contributed by atoms with Gasteiger partial charge in [0.2, 0.25) is 0 Å². The van der Waals surface area contributed by atoms with E-state index in [0.717, 1.165) is 24.4 Å². The molecule has 1 aliphatic carbocycles. The molecule has 14 heavy (non-hydrogen) atoms. The first-order valence-corrected chi connectivity index (χ1v) is 5.96. The maximum Gasteiger partial charge on any atom is 0.0140 e. The lowest BCUT2D eigenvalue weighted by molar-refractivity contribution is 0.233. The molecule has 0 saturated heterocycles. The number of hydrogen-bond donors (Lipinski definition) is 1. The molecule has 0 amide bonds. The van der Waals surface area contributed by atoms with Crippen molar-refractivity contribution >= 4 is 0 Å². The maximum absolute atomic E-state index is 3.65. The van der Waals surface area contributed by atoms with E-state index in [0.29, 0.717) is 0 Å². The average Bonchev–Trinajstić information content (AvgIpc) is 2.08. The first kappa shape index (κ1) is 11.8. The van der Waals surface area contributed by atoms with E-state index >= 15 is 0 Å². The van der Waals surface area contributed by atoms with Crippen LogP contribution >= 0.6 is 0 Å². The molecular formula is C13H25N. The van der Waals surface area contributed by atoms with Gasteiger partial charge in [-0.1, -0.05) is 25.5 Å². The molecule has 3 unspecified atom stereocenters. The highest BCUT2D eigenvalue weighted by molar-refractivity contribution is 4.95. The van der Waals surface area contributed by atoms with E-state index in [1.165, 1.54) is 24.8 Å². The van der Waals surface area contributed by atoms with Gasteiger partial charge in [-0.25, -0.2) is 0 Å². The highest BCUT2D eigenvalue weighted by Crippen LogP contribution is 2.28. The smallest absolute Gasteiger partial charge is 0.0140 e. The SMILES string of the molecule is CC(C)=CCNC1CCC(C)CC1C. The second-order valence-corrected chi connectivity index (χ2v) is 5.19. The fraction of sp³-hybridized carbons (Fsp3) is 0.846. The molecule has 0 bridgehead atoms. The molecule has 0 spiro atoms. The summed E-state index contributed by atoms with van der Waals surface area (Å²) < 4.78 is 0. The third kappa shape index (κ3) is 3.83. The zero-order valence-corrected chi connectivity index (χ0v) is 10.1. The van der Waals surface area contributed by atoms with Crippen molar-refractivity contribution in [2.75, 3.05) is 6.54 Å². The van der Waals surface area contributed by atoms with Gasteiger partial charge in [0.15, 0.2) is 0 Å². The van der Waals surface area contributed by atoms with Gasteiger partial charge in [0, 0.05) is 12.6 Å². The van der Waals surface area contributed by atoms with E-state index in [1.807, 2.05) is 0 Å². The summed E-state index contributed by atoms with van der Waals surface area (Å²) in [6.07, 6.45) is 6.44. The first-order valence-electron chi connectivity index (χ1n) is 5.96. The second kappa shape index (κ2) is 5.55. The summed E-state index contributed by atoms with van der Waals surface area (Å²) in [5.74, 6) is 1.79. The van der Waals surface area contributed by atoms with Gasteiger partial charge in [0.1, 0.15) is 0 Å². The Morgan fingerprint density at radius 1 is 1.29 bits per heavy atom. The zero-order valence-electron chi connectivity index (χ0n) is 10.1. The summed E-state index contributed by atoms with van der Waals surface area (Å²) in [5, 5.41) is 3.65. The molecule has 0 aromatic rings. The summed E-state index contributed by atoms with van der Waals surface area (Å²) >= 11 is 0. The number of rotatable bonds is 3. The van der Waals surface area contributed by atoms with E-state index in [4.69, 9.17) is 0 Å². The standard InChI is InChI=1S/C13H25N/c1-10(2)7-8-14-13-6-5-11(3)9-12(13)4/h7,11-14H,5-6,8-9H2,1-4H3. The van der Waals surface area contributed by atoms with Crippen LogP contribution in [0.3, 0.4) is 0 Å². The molecule has 1 aliphatic rings. The third-order valence-electron chi connectivity index (χ3n) is 3.32. The van der Waals surface area contributed by atoms with E-state index in [1.54, 1.807) is 0 Å². The maximum atomic E-state index is 3.65. The molecule has 1 saturated carbocycles. The van der Waals surface area contributed by atoms with Gasteiger partial charge in [0.05, 0.1) is 0 Å². The van der Waals surface area contributed by atoms with Crippen molar-refractivity contribution in [2.45, 2.75) is 53.0 Å². The van der Waals surface area contributed by atoms with E-state index in [2.05, 4.69) is 39.1 Å². The first-order chi connectivity index (χ1) is 6.59. The van der Waals surface area contributed by atoms with Crippen LogP contribution in [-0.4, -0.2) is 12.6 Å². The van der Waals surface area contributed by atoms with Crippen LogP contribution in [0.2, 0.25) is 0 Å². The number of hydrogen-bond acceptors (Lipinski definition) is 1. The molecule has 82 valence electrons. The topological polar surface area (TPSA) is 12.0 Å². The Bertz CT molecular complexity index is 191. The van der Waals surface area contributed by atoms with Crippen LogP contribution < -0.4 is 5.32 Å². The average molecular weight is 195 g/mol. The fourth-order valence-electron chi connectivity index (χ4n) is 2.38. The van der Waals surface area contributed by atoms with Crippen LogP contribution in [0.5, 0.6) is 0 Å². The zero-order chi connectivity index (χ0) is 10.6. The Kier molecular flexibility index (Phi) is 4.67. The van der Waals surface area contributed by atoms with Gasteiger partial charge in [-0.2, -0.15) is 0 Å². The Morgan fingerprint density at radius 2 is 2.00 bits per heavy atom. The minimum absolute atomic E-state index is 0.752. The molecule has 0 aromatic heterocycles. The van der Waals surface area contributed by atoms with Crippen molar-refractivity contribution in [1.82, 2.24) is 5.32 Å². The normalized spacial score (nSPS) is 32.7.